The van der Waals surface area contributed by atoms with Gasteiger partial charge in [-0.15, -0.1) is 0 Å². The van der Waals surface area contributed by atoms with Gasteiger partial charge in [0, 0.05) is 5.75 Å². The summed E-state index contributed by atoms with van der Waals surface area (Å²) >= 11 is 1.49. The number of pyridine rings is 1. The van der Waals surface area contributed by atoms with Crippen LogP contribution in [0.15, 0.2) is 47.6 Å². The number of aromatic nitrogens is 1. The first-order chi connectivity index (χ1) is 9.20. The predicted octanol–water partition coefficient (Wildman–Crippen LogP) is 3.29. The second-order valence-corrected chi connectivity index (χ2v) is 4.70. The van der Waals surface area contributed by atoms with Crippen LogP contribution < -0.4 is 4.74 Å². The Balaban J connectivity index is 2.14. The third kappa shape index (κ3) is 3.45. The van der Waals surface area contributed by atoms with Crippen molar-refractivity contribution >= 4 is 17.4 Å². The summed E-state index contributed by atoms with van der Waals surface area (Å²) in [6, 6.07) is 11.3. The molecule has 1 aromatic carbocycles. The van der Waals surface area contributed by atoms with Gasteiger partial charge in [0.2, 0.25) is 0 Å². The molecule has 1 aromatic heterocycles. The van der Waals surface area contributed by atoms with Crippen molar-refractivity contribution in [2.24, 2.45) is 0 Å². The largest absolute Gasteiger partial charge is 0.494 e. The fourth-order valence-corrected chi connectivity index (χ4v) is 2.41. The molecule has 19 heavy (non-hydrogen) atoms. The second-order valence-electron chi connectivity index (χ2n) is 3.73. The molecule has 0 spiro atoms. The van der Waals surface area contributed by atoms with Gasteiger partial charge in [-0.2, -0.15) is 0 Å². The van der Waals surface area contributed by atoms with E-state index in [1.165, 1.54) is 31.1 Å². The number of benzene rings is 1. The molecular weight excluding hydrogens is 264 g/mol. The van der Waals surface area contributed by atoms with Gasteiger partial charge in [0.1, 0.15) is 11.2 Å². The Kier molecular flexibility index (Phi) is 4.35. The van der Waals surface area contributed by atoms with Gasteiger partial charge in [-0.1, -0.05) is 42.1 Å². The molecule has 5 nitrogen and oxygen atoms in total. The summed E-state index contributed by atoms with van der Waals surface area (Å²) in [6.45, 7) is 0. The van der Waals surface area contributed by atoms with Crippen molar-refractivity contribution in [3.05, 3.63) is 58.3 Å². The number of nitro groups is 1. The minimum Gasteiger partial charge on any atom is -0.494 e. The van der Waals surface area contributed by atoms with Crippen LogP contribution in [0, 0.1) is 10.1 Å². The van der Waals surface area contributed by atoms with Crippen molar-refractivity contribution < 1.29 is 9.66 Å². The number of nitrogens with zero attached hydrogens (tertiary/aromatic N) is 2. The molecular formula is C13H12N2O3S. The van der Waals surface area contributed by atoms with Gasteiger partial charge in [-0.05, 0) is 5.56 Å². The smallest absolute Gasteiger partial charge is 0.291 e. The Hall–Kier alpha value is -2.08. The second kappa shape index (κ2) is 6.19. The molecule has 0 saturated heterocycles. The Morgan fingerprint density at radius 1 is 1.37 bits per heavy atom. The Morgan fingerprint density at radius 2 is 2.11 bits per heavy atom. The number of ether oxygens (including phenoxy) is 1. The Morgan fingerprint density at radius 3 is 2.74 bits per heavy atom. The Labute approximate surface area is 114 Å². The van der Waals surface area contributed by atoms with E-state index in [2.05, 4.69) is 4.98 Å². The van der Waals surface area contributed by atoms with Crippen LogP contribution in [0.2, 0.25) is 0 Å². The quantitative estimate of drug-likeness (QED) is 0.476. The highest BCUT2D eigenvalue weighted by Crippen LogP contribution is 2.31. The SMILES string of the molecule is COc1cc([N+](=O)[O-])cnc1SCc1ccccc1. The first kappa shape index (κ1) is 13.4. The number of thioether (sulfide) groups is 1. The highest BCUT2D eigenvalue weighted by Gasteiger charge is 2.13. The molecule has 0 bridgehead atoms. The lowest BCUT2D eigenvalue weighted by molar-refractivity contribution is -0.385. The normalized spacial score (nSPS) is 10.2. The maximum atomic E-state index is 10.7. The fourth-order valence-electron chi connectivity index (χ4n) is 1.50. The molecule has 6 heteroatoms. The van der Waals surface area contributed by atoms with Crippen LogP contribution in [0.5, 0.6) is 5.75 Å². The summed E-state index contributed by atoms with van der Waals surface area (Å²) in [4.78, 5) is 14.3. The molecule has 1 heterocycles. The van der Waals surface area contributed by atoms with E-state index in [4.69, 9.17) is 4.74 Å². The van der Waals surface area contributed by atoms with E-state index >= 15 is 0 Å². The van der Waals surface area contributed by atoms with Gasteiger partial charge in [-0.25, -0.2) is 4.98 Å². The van der Waals surface area contributed by atoms with Gasteiger partial charge >= 0.3 is 0 Å². The third-order valence-electron chi connectivity index (χ3n) is 2.45. The standard InChI is InChI=1S/C13H12N2O3S/c1-18-12-7-11(15(16)17)8-14-13(12)19-9-10-5-3-2-4-6-10/h2-8H,9H2,1H3. The molecule has 98 valence electrons. The van der Waals surface area contributed by atoms with Crippen molar-refractivity contribution in [1.82, 2.24) is 4.98 Å². The molecule has 0 aliphatic rings. The molecule has 0 unspecified atom stereocenters. The summed E-state index contributed by atoms with van der Waals surface area (Å²) in [6.07, 6.45) is 1.25. The first-order valence-corrected chi connectivity index (χ1v) is 6.54. The van der Waals surface area contributed by atoms with Crippen LogP contribution >= 0.6 is 11.8 Å². The summed E-state index contributed by atoms with van der Waals surface area (Å²) in [5.74, 6) is 1.16. The molecule has 0 atom stereocenters. The molecule has 0 N–H and O–H groups in total. The van der Waals surface area contributed by atoms with Crippen LogP contribution in [0.3, 0.4) is 0 Å². The number of hydrogen-bond acceptors (Lipinski definition) is 5. The van der Waals surface area contributed by atoms with E-state index in [9.17, 15) is 10.1 Å². The van der Waals surface area contributed by atoms with Gasteiger partial charge in [0.15, 0.2) is 5.75 Å². The van der Waals surface area contributed by atoms with Gasteiger partial charge in [0.25, 0.3) is 5.69 Å². The monoisotopic (exact) mass is 276 g/mol. The lowest BCUT2D eigenvalue weighted by atomic mass is 10.2. The van der Waals surface area contributed by atoms with Crippen LogP contribution in [0.1, 0.15) is 5.56 Å². The van der Waals surface area contributed by atoms with Crippen molar-refractivity contribution in [1.29, 1.82) is 0 Å². The van der Waals surface area contributed by atoms with E-state index in [1.807, 2.05) is 30.3 Å². The highest BCUT2D eigenvalue weighted by molar-refractivity contribution is 7.98. The van der Waals surface area contributed by atoms with E-state index in [1.54, 1.807) is 0 Å². The zero-order chi connectivity index (χ0) is 13.7. The average molecular weight is 276 g/mol. The zero-order valence-electron chi connectivity index (χ0n) is 10.3. The maximum Gasteiger partial charge on any atom is 0.291 e. The maximum absolute atomic E-state index is 10.7. The molecule has 0 aliphatic heterocycles. The Bertz CT molecular complexity index is 575. The lowest BCUT2D eigenvalue weighted by Crippen LogP contribution is -1.94. The fraction of sp³-hybridized carbons (Fsp3) is 0.154. The van der Waals surface area contributed by atoms with E-state index < -0.39 is 4.92 Å². The minimum absolute atomic E-state index is 0.0686. The van der Waals surface area contributed by atoms with E-state index in [0.717, 1.165) is 11.3 Å². The topological polar surface area (TPSA) is 65.3 Å². The molecule has 0 aliphatic carbocycles. The minimum atomic E-state index is -0.485. The molecule has 0 amide bonds. The number of methoxy groups -OCH3 is 1. The van der Waals surface area contributed by atoms with Crippen molar-refractivity contribution in [2.45, 2.75) is 10.8 Å². The van der Waals surface area contributed by atoms with Gasteiger partial charge in [0.05, 0.1) is 18.1 Å². The van der Waals surface area contributed by atoms with Crippen molar-refractivity contribution in [3.63, 3.8) is 0 Å². The average Bonchev–Trinajstić information content (AvgIpc) is 2.45. The summed E-state index contributed by atoms with van der Waals surface area (Å²) in [5.41, 5.74) is 1.09. The van der Waals surface area contributed by atoms with Crippen LogP contribution in [-0.2, 0) is 5.75 Å². The summed E-state index contributed by atoms with van der Waals surface area (Å²) in [5, 5.41) is 11.3. The number of rotatable bonds is 5. The molecule has 2 rings (SSSR count). The van der Waals surface area contributed by atoms with Crippen LogP contribution in [-0.4, -0.2) is 17.0 Å². The van der Waals surface area contributed by atoms with Crippen LogP contribution in [0.25, 0.3) is 0 Å². The van der Waals surface area contributed by atoms with Gasteiger partial charge in [-0.3, -0.25) is 10.1 Å². The van der Waals surface area contributed by atoms with Gasteiger partial charge < -0.3 is 4.74 Å². The van der Waals surface area contributed by atoms with Crippen LogP contribution in [0.4, 0.5) is 5.69 Å². The highest BCUT2D eigenvalue weighted by atomic mass is 32.2. The third-order valence-corrected chi connectivity index (χ3v) is 3.51. The van der Waals surface area contributed by atoms with E-state index in [-0.39, 0.29) is 5.69 Å². The molecule has 0 fully saturated rings. The predicted molar refractivity (Wildman–Crippen MR) is 73.4 cm³/mol. The summed E-state index contributed by atoms with van der Waals surface area (Å²) < 4.78 is 5.14. The molecule has 0 saturated carbocycles. The summed E-state index contributed by atoms with van der Waals surface area (Å²) in [7, 11) is 1.48. The van der Waals surface area contributed by atoms with Crippen molar-refractivity contribution in [3.8, 4) is 5.75 Å². The zero-order valence-corrected chi connectivity index (χ0v) is 11.1. The molecule has 0 radical (unpaired) electrons. The van der Waals surface area contributed by atoms with E-state index in [0.29, 0.717) is 10.8 Å². The number of hydrogen-bond donors (Lipinski definition) is 0. The lowest BCUT2D eigenvalue weighted by Gasteiger charge is -2.06. The van der Waals surface area contributed by atoms with Crippen molar-refractivity contribution in [2.75, 3.05) is 7.11 Å². The first-order valence-electron chi connectivity index (χ1n) is 5.56. The molecule has 2 aromatic rings.